The summed E-state index contributed by atoms with van der Waals surface area (Å²) >= 11 is 0. The first kappa shape index (κ1) is 53.0. The molecule has 1 rings (SSSR count). The van der Waals surface area contributed by atoms with Gasteiger partial charge in [-0.15, -0.1) is 0 Å². The van der Waals surface area contributed by atoms with Gasteiger partial charge in [-0.3, -0.25) is 14.1 Å². The summed E-state index contributed by atoms with van der Waals surface area (Å²) in [7, 11) is -4.78. The first-order valence-corrected chi connectivity index (χ1v) is 24.6. The van der Waals surface area contributed by atoms with Crippen LogP contribution >= 0.6 is 7.82 Å². The van der Waals surface area contributed by atoms with Gasteiger partial charge >= 0.3 is 19.8 Å². The fourth-order valence-electron chi connectivity index (χ4n) is 6.69. The van der Waals surface area contributed by atoms with E-state index in [0.29, 0.717) is 31.5 Å². The van der Waals surface area contributed by atoms with Crippen molar-refractivity contribution in [1.82, 2.24) is 0 Å². The second kappa shape index (κ2) is 38.2. The standard InChI is InChI=1S/C47H83O9P/c1-3-5-7-8-9-10-11-12-13-14-15-16-17-18-19-20-21-25-28-31-35-39-46(48)53-41-43(42-54-57(50,51)52)55-47(49)40-36-32-29-26-23-22-24-27-30-34-38-45-44(56-45)37-33-6-4-2/h12-13,22,24,26,29-30,34,43-45H,3-11,14-21,23,25,27-28,31-33,35-42H2,1-2H3,(H2,50,51,52)/b13-12-,24-22-,29-26-,34-30-/t43-,44?,45?/m1/s1. The molecule has 0 saturated carbocycles. The van der Waals surface area contributed by atoms with E-state index in [1.165, 1.54) is 122 Å². The number of hydrogen-bond acceptors (Lipinski definition) is 7. The average Bonchev–Trinajstić information content (AvgIpc) is 3.94. The number of esters is 2. The number of epoxide rings is 1. The maximum Gasteiger partial charge on any atom is 0.469 e. The Morgan fingerprint density at radius 3 is 1.63 bits per heavy atom. The Kier molecular flexibility index (Phi) is 35.5. The monoisotopic (exact) mass is 823 g/mol. The number of carbonyl (C=O) groups excluding carboxylic acids is 2. The predicted molar refractivity (Wildman–Crippen MR) is 234 cm³/mol. The molecule has 0 aromatic heterocycles. The van der Waals surface area contributed by atoms with Crippen molar-refractivity contribution in [3.63, 3.8) is 0 Å². The molecule has 330 valence electrons. The molecule has 0 aliphatic carbocycles. The molecule has 1 saturated heterocycles. The van der Waals surface area contributed by atoms with E-state index in [1.54, 1.807) is 0 Å². The number of carbonyl (C=O) groups is 2. The lowest BCUT2D eigenvalue weighted by molar-refractivity contribution is -0.161. The highest BCUT2D eigenvalue weighted by molar-refractivity contribution is 7.46. The quantitative estimate of drug-likeness (QED) is 0.0203. The first-order valence-electron chi connectivity index (χ1n) is 23.1. The Morgan fingerprint density at radius 1 is 0.561 bits per heavy atom. The van der Waals surface area contributed by atoms with E-state index in [0.717, 1.165) is 38.5 Å². The minimum atomic E-state index is -4.78. The Morgan fingerprint density at radius 2 is 1.04 bits per heavy atom. The molecule has 0 aromatic rings. The second-order valence-electron chi connectivity index (χ2n) is 15.8. The molecule has 2 N–H and O–H groups in total. The SMILES string of the molecule is CCCCCCCC/C=C\CCCCCCCCCCCCCC(=O)OC[C@H](COP(=O)(O)O)OC(=O)CCC/C=C\C/C=C\C/C=C\CC1OC1CCCCC. The zero-order valence-electron chi connectivity index (χ0n) is 36.2. The summed E-state index contributed by atoms with van der Waals surface area (Å²) < 4.78 is 32.1. The maximum absolute atomic E-state index is 12.4. The first-order chi connectivity index (χ1) is 27.7. The highest BCUT2D eigenvalue weighted by Gasteiger charge is 2.36. The van der Waals surface area contributed by atoms with Crippen molar-refractivity contribution in [2.45, 2.75) is 225 Å². The third kappa shape index (κ3) is 38.0. The van der Waals surface area contributed by atoms with Crippen molar-refractivity contribution < 1.29 is 42.7 Å². The van der Waals surface area contributed by atoms with Gasteiger partial charge in [0.2, 0.25) is 0 Å². The number of phosphoric acid groups is 1. The van der Waals surface area contributed by atoms with Crippen molar-refractivity contribution in [3.8, 4) is 0 Å². The maximum atomic E-state index is 12.4. The lowest BCUT2D eigenvalue weighted by atomic mass is 10.0. The molecule has 0 bridgehead atoms. The van der Waals surface area contributed by atoms with Crippen LogP contribution in [0.2, 0.25) is 0 Å². The molecule has 0 spiro atoms. The van der Waals surface area contributed by atoms with Gasteiger partial charge in [-0.05, 0) is 70.6 Å². The molecule has 1 heterocycles. The summed E-state index contributed by atoms with van der Waals surface area (Å²) in [5, 5.41) is 0. The third-order valence-electron chi connectivity index (χ3n) is 10.2. The largest absolute Gasteiger partial charge is 0.469 e. The van der Waals surface area contributed by atoms with Gasteiger partial charge in [-0.1, -0.05) is 172 Å². The lowest BCUT2D eigenvalue weighted by Gasteiger charge is -2.18. The van der Waals surface area contributed by atoms with Gasteiger partial charge in [0.1, 0.15) is 6.61 Å². The number of phosphoric ester groups is 1. The van der Waals surface area contributed by atoms with E-state index in [9.17, 15) is 14.2 Å². The van der Waals surface area contributed by atoms with Crippen LogP contribution in [0.3, 0.4) is 0 Å². The van der Waals surface area contributed by atoms with Crippen LogP contribution in [0.5, 0.6) is 0 Å². The van der Waals surface area contributed by atoms with Crippen LogP contribution in [0.4, 0.5) is 0 Å². The molecule has 10 heteroatoms. The molecular weight excluding hydrogens is 739 g/mol. The summed E-state index contributed by atoms with van der Waals surface area (Å²) in [6.07, 6.45) is 50.2. The number of allylic oxidation sites excluding steroid dienone is 7. The lowest BCUT2D eigenvalue weighted by Crippen LogP contribution is -2.29. The number of hydrogen-bond donors (Lipinski definition) is 2. The van der Waals surface area contributed by atoms with E-state index in [1.807, 2.05) is 6.08 Å². The molecule has 0 aromatic carbocycles. The molecule has 57 heavy (non-hydrogen) atoms. The fourth-order valence-corrected chi connectivity index (χ4v) is 7.05. The predicted octanol–water partition coefficient (Wildman–Crippen LogP) is 13.3. The number of ether oxygens (including phenoxy) is 3. The fraction of sp³-hybridized carbons (Fsp3) is 0.787. The van der Waals surface area contributed by atoms with Crippen molar-refractivity contribution in [1.29, 1.82) is 0 Å². The molecule has 1 fully saturated rings. The zero-order chi connectivity index (χ0) is 41.5. The normalized spacial score (nSPS) is 16.4. The highest BCUT2D eigenvalue weighted by atomic mass is 31.2. The molecule has 0 radical (unpaired) electrons. The Bertz CT molecular complexity index is 1130. The average molecular weight is 823 g/mol. The second-order valence-corrected chi connectivity index (χ2v) is 17.0. The summed E-state index contributed by atoms with van der Waals surface area (Å²) in [4.78, 5) is 42.9. The Labute approximate surface area is 348 Å². The van der Waals surface area contributed by atoms with Crippen LogP contribution in [0.25, 0.3) is 0 Å². The molecule has 2 unspecified atom stereocenters. The molecular formula is C47H83O9P. The van der Waals surface area contributed by atoms with Crippen LogP contribution < -0.4 is 0 Å². The van der Waals surface area contributed by atoms with Crippen LogP contribution in [0, 0.1) is 0 Å². The van der Waals surface area contributed by atoms with Crippen LogP contribution in [0.15, 0.2) is 48.6 Å². The van der Waals surface area contributed by atoms with Gasteiger partial charge in [0.15, 0.2) is 6.10 Å². The van der Waals surface area contributed by atoms with Crippen LogP contribution in [-0.2, 0) is 32.9 Å². The molecule has 3 atom stereocenters. The number of rotatable bonds is 41. The molecule has 1 aliphatic rings. The Balaban J connectivity index is 2.05. The van der Waals surface area contributed by atoms with Crippen LogP contribution in [0.1, 0.15) is 206 Å². The molecule has 1 aliphatic heterocycles. The van der Waals surface area contributed by atoms with Crippen molar-refractivity contribution in [2.24, 2.45) is 0 Å². The summed E-state index contributed by atoms with van der Waals surface area (Å²) in [6.45, 7) is 3.62. The van der Waals surface area contributed by atoms with Gasteiger partial charge in [0.05, 0.1) is 18.8 Å². The van der Waals surface area contributed by atoms with E-state index in [-0.39, 0.29) is 19.4 Å². The van der Waals surface area contributed by atoms with E-state index >= 15 is 0 Å². The van der Waals surface area contributed by atoms with Crippen LogP contribution in [-0.4, -0.2) is 53.3 Å². The minimum Gasteiger partial charge on any atom is -0.462 e. The van der Waals surface area contributed by atoms with Crippen molar-refractivity contribution >= 4 is 19.8 Å². The highest BCUT2D eigenvalue weighted by Crippen LogP contribution is 2.36. The molecule has 9 nitrogen and oxygen atoms in total. The van der Waals surface area contributed by atoms with Gasteiger partial charge in [0, 0.05) is 12.8 Å². The molecule has 0 amide bonds. The third-order valence-corrected chi connectivity index (χ3v) is 10.7. The van der Waals surface area contributed by atoms with Gasteiger partial charge < -0.3 is 24.0 Å². The summed E-state index contributed by atoms with van der Waals surface area (Å²) in [6, 6.07) is 0. The van der Waals surface area contributed by atoms with Crippen molar-refractivity contribution in [2.75, 3.05) is 13.2 Å². The minimum absolute atomic E-state index is 0.132. The van der Waals surface area contributed by atoms with E-state index in [2.05, 4.69) is 60.9 Å². The topological polar surface area (TPSA) is 132 Å². The van der Waals surface area contributed by atoms with E-state index < -0.39 is 32.5 Å². The van der Waals surface area contributed by atoms with Gasteiger partial charge in [-0.2, -0.15) is 0 Å². The number of unbranched alkanes of at least 4 members (excludes halogenated alkanes) is 20. The van der Waals surface area contributed by atoms with Crippen molar-refractivity contribution in [3.05, 3.63) is 48.6 Å². The summed E-state index contributed by atoms with van der Waals surface area (Å²) in [5.74, 6) is -0.953. The Hall–Kier alpha value is -2.03. The summed E-state index contributed by atoms with van der Waals surface area (Å²) in [5.41, 5.74) is 0. The van der Waals surface area contributed by atoms with Gasteiger partial charge in [0.25, 0.3) is 0 Å². The van der Waals surface area contributed by atoms with Gasteiger partial charge in [-0.25, -0.2) is 4.57 Å². The zero-order valence-corrected chi connectivity index (χ0v) is 37.1. The van der Waals surface area contributed by atoms with E-state index in [4.69, 9.17) is 24.0 Å². The smallest absolute Gasteiger partial charge is 0.462 e.